The number of rotatable bonds is 2. The minimum Gasteiger partial charge on any atom is -0.322 e. The minimum absolute atomic E-state index is 0.0339. The van der Waals surface area contributed by atoms with Gasteiger partial charge in [0.25, 0.3) is 5.91 Å². The Morgan fingerprint density at radius 2 is 1.61 bits per heavy atom. The van der Waals surface area contributed by atoms with Gasteiger partial charge in [-0.25, -0.2) is 13.2 Å². The highest BCUT2D eigenvalue weighted by Gasteiger charge is 2.13. The molecule has 0 bridgehead atoms. The van der Waals surface area contributed by atoms with E-state index in [0.717, 1.165) is 30.3 Å². The average molecular weight is 318 g/mol. The van der Waals surface area contributed by atoms with Gasteiger partial charge in [-0.2, -0.15) is 0 Å². The number of aromatic nitrogens is 1. The molecule has 1 amide bonds. The minimum atomic E-state index is -0.849. The molecule has 1 aromatic heterocycles. The molecule has 0 unspecified atom stereocenters. The van der Waals surface area contributed by atoms with Gasteiger partial charge in [0, 0.05) is 23.2 Å². The van der Waals surface area contributed by atoms with Crippen LogP contribution in [0, 0.1) is 17.5 Å². The smallest absolute Gasteiger partial charge is 0.256 e. The van der Waals surface area contributed by atoms with Gasteiger partial charge in [0.2, 0.25) is 5.56 Å². The van der Waals surface area contributed by atoms with Gasteiger partial charge >= 0.3 is 0 Å². The van der Waals surface area contributed by atoms with Gasteiger partial charge in [-0.05, 0) is 30.3 Å². The predicted molar refractivity (Wildman–Crippen MR) is 78.8 cm³/mol. The molecule has 0 aliphatic carbocycles. The number of H-pyrrole nitrogens is 1. The van der Waals surface area contributed by atoms with E-state index in [1.807, 2.05) is 0 Å². The number of amides is 1. The van der Waals surface area contributed by atoms with Gasteiger partial charge in [-0.15, -0.1) is 0 Å². The van der Waals surface area contributed by atoms with Crippen LogP contribution < -0.4 is 10.9 Å². The summed E-state index contributed by atoms with van der Waals surface area (Å²) in [5, 5.41) is 2.61. The lowest BCUT2D eigenvalue weighted by atomic mass is 10.1. The Kier molecular flexibility index (Phi) is 3.61. The number of carbonyl (C=O) groups is 1. The lowest BCUT2D eigenvalue weighted by Gasteiger charge is -2.08. The number of benzene rings is 2. The summed E-state index contributed by atoms with van der Waals surface area (Å²) in [5.74, 6) is -3.01. The highest BCUT2D eigenvalue weighted by molar-refractivity contribution is 6.12. The molecule has 0 aliphatic rings. The van der Waals surface area contributed by atoms with Crippen molar-refractivity contribution in [1.29, 1.82) is 0 Å². The first kappa shape index (κ1) is 14.8. The zero-order valence-corrected chi connectivity index (χ0v) is 11.5. The molecule has 0 saturated carbocycles. The fraction of sp³-hybridized carbons (Fsp3) is 0. The maximum Gasteiger partial charge on any atom is 0.256 e. The maximum atomic E-state index is 13.2. The van der Waals surface area contributed by atoms with E-state index >= 15 is 0 Å². The Bertz CT molecular complexity index is 962. The van der Waals surface area contributed by atoms with Crippen molar-refractivity contribution in [3.63, 3.8) is 0 Å². The van der Waals surface area contributed by atoms with Crippen molar-refractivity contribution in [3.05, 3.63) is 75.8 Å². The lowest BCUT2D eigenvalue weighted by Crippen LogP contribution is -2.17. The zero-order chi connectivity index (χ0) is 16.6. The Morgan fingerprint density at radius 1 is 0.913 bits per heavy atom. The Balaban J connectivity index is 2.05. The molecule has 1 heterocycles. The van der Waals surface area contributed by atoms with Crippen LogP contribution in [0.15, 0.2) is 47.3 Å². The van der Waals surface area contributed by atoms with Crippen molar-refractivity contribution in [2.45, 2.75) is 0 Å². The van der Waals surface area contributed by atoms with E-state index in [0.29, 0.717) is 11.5 Å². The largest absolute Gasteiger partial charge is 0.322 e. The molecule has 0 radical (unpaired) electrons. The van der Waals surface area contributed by atoms with E-state index < -0.39 is 28.9 Å². The molecule has 0 saturated heterocycles. The molecule has 0 atom stereocenters. The van der Waals surface area contributed by atoms with E-state index in [1.165, 1.54) is 6.07 Å². The van der Waals surface area contributed by atoms with Crippen molar-refractivity contribution in [3.8, 4) is 0 Å². The maximum absolute atomic E-state index is 13.2. The van der Waals surface area contributed by atoms with Crippen molar-refractivity contribution < 1.29 is 18.0 Å². The molecule has 0 spiro atoms. The monoisotopic (exact) mass is 318 g/mol. The lowest BCUT2D eigenvalue weighted by molar-refractivity contribution is 0.102. The van der Waals surface area contributed by atoms with Gasteiger partial charge in [-0.3, -0.25) is 9.59 Å². The van der Waals surface area contributed by atoms with Crippen LogP contribution in [-0.2, 0) is 0 Å². The third kappa shape index (κ3) is 3.08. The molecule has 4 nitrogen and oxygen atoms in total. The van der Waals surface area contributed by atoms with Gasteiger partial charge in [0.1, 0.15) is 17.5 Å². The summed E-state index contributed by atoms with van der Waals surface area (Å²) in [6, 6.07) is 7.13. The fourth-order valence-corrected chi connectivity index (χ4v) is 2.24. The number of hydrogen-bond acceptors (Lipinski definition) is 2. The summed E-state index contributed by atoms with van der Waals surface area (Å²) >= 11 is 0. The summed E-state index contributed by atoms with van der Waals surface area (Å²) in [7, 11) is 0. The number of carbonyl (C=O) groups excluding carboxylic acids is 1. The molecule has 2 N–H and O–H groups in total. The number of nitrogens with one attached hydrogen (secondary N) is 2. The first-order valence-electron chi connectivity index (χ1n) is 6.52. The van der Waals surface area contributed by atoms with E-state index in [9.17, 15) is 22.8 Å². The molecule has 2 aromatic carbocycles. The van der Waals surface area contributed by atoms with Crippen LogP contribution in [-0.4, -0.2) is 10.9 Å². The normalized spacial score (nSPS) is 10.7. The van der Waals surface area contributed by atoms with Gasteiger partial charge in [0.15, 0.2) is 0 Å². The Hall–Kier alpha value is -3.09. The first-order chi connectivity index (χ1) is 10.9. The van der Waals surface area contributed by atoms with Crippen LogP contribution in [0.1, 0.15) is 10.4 Å². The van der Waals surface area contributed by atoms with Crippen molar-refractivity contribution in [2.24, 2.45) is 0 Å². The molecule has 7 heteroatoms. The number of hydrogen-bond donors (Lipinski definition) is 2. The second-order valence-electron chi connectivity index (χ2n) is 4.85. The standard InChI is InChI=1S/C16H9F3N2O2/c17-8-1-2-12-13(7-15(22)21-14(12)6-8)16(23)20-11-4-9(18)3-10(19)5-11/h1-7H,(H,20,23)(H,21,22). The van der Waals surface area contributed by atoms with Crippen molar-refractivity contribution in [1.82, 2.24) is 4.98 Å². The SMILES string of the molecule is O=C(Nc1cc(F)cc(F)c1)c1cc(=O)[nH]c2cc(F)ccc12. The number of fused-ring (bicyclic) bond motifs is 1. The summed E-state index contributed by atoms with van der Waals surface area (Å²) in [4.78, 5) is 26.3. The molecule has 3 aromatic rings. The van der Waals surface area contributed by atoms with Crippen LogP contribution in [0.25, 0.3) is 10.9 Å². The third-order valence-electron chi connectivity index (χ3n) is 3.17. The third-order valence-corrected chi connectivity index (χ3v) is 3.17. The van der Waals surface area contributed by atoms with Crippen LogP contribution in [0.2, 0.25) is 0 Å². The quantitative estimate of drug-likeness (QED) is 0.762. The number of aromatic amines is 1. The first-order valence-corrected chi connectivity index (χ1v) is 6.52. The Morgan fingerprint density at radius 3 is 2.30 bits per heavy atom. The molecular formula is C16H9F3N2O2. The molecular weight excluding hydrogens is 309 g/mol. The van der Waals surface area contributed by atoms with Gasteiger partial charge in [0.05, 0.1) is 11.1 Å². The van der Waals surface area contributed by atoms with E-state index in [2.05, 4.69) is 10.3 Å². The molecule has 23 heavy (non-hydrogen) atoms. The zero-order valence-electron chi connectivity index (χ0n) is 11.5. The van der Waals surface area contributed by atoms with E-state index in [4.69, 9.17) is 0 Å². The predicted octanol–water partition coefficient (Wildman–Crippen LogP) is 3.20. The van der Waals surface area contributed by atoms with Crippen LogP contribution >= 0.6 is 0 Å². The topological polar surface area (TPSA) is 62.0 Å². The molecule has 116 valence electrons. The van der Waals surface area contributed by atoms with E-state index in [-0.39, 0.29) is 16.8 Å². The number of halogens is 3. The van der Waals surface area contributed by atoms with Crippen LogP contribution in [0.3, 0.4) is 0 Å². The summed E-state index contributed by atoms with van der Waals surface area (Å²) in [6.07, 6.45) is 0. The summed E-state index contributed by atoms with van der Waals surface area (Å²) in [5.41, 5.74) is -0.580. The van der Waals surface area contributed by atoms with E-state index in [1.54, 1.807) is 0 Å². The fourth-order valence-electron chi connectivity index (χ4n) is 2.24. The summed E-state index contributed by atoms with van der Waals surface area (Å²) in [6.45, 7) is 0. The highest BCUT2D eigenvalue weighted by Crippen LogP contribution is 2.19. The van der Waals surface area contributed by atoms with Crippen LogP contribution in [0.5, 0.6) is 0 Å². The highest BCUT2D eigenvalue weighted by atomic mass is 19.1. The molecule has 3 rings (SSSR count). The average Bonchev–Trinajstić information content (AvgIpc) is 2.44. The molecule has 0 fully saturated rings. The van der Waals surface area contributed by atoms with Crippen LogP contribution in [0.4, 0.5) is 18.9 Å². The number of anilines is 1. The van der Waals surface area contributed by atoms with Crippen molar-refractivity contribution >= 4 is 22.5 Å². The van der Waals surface area contributed by atoms with Crippen molar-refractivity contribution in [2.75, 3.05) is 5.32 Å². The Labute approximate surface area is 127 Å². The summed E-state index contributed by atoms with van der Waals surface area (Å²) < 4.78 is 39.5. The second kappa shape index (κ2) is 5.60. The second-order valence-corrected chi connectivity index (χ2v) is 4.85. The van der Waals surface area contributed by atoms with Gasteiger partial charge < -0.3 is 10.3 Å². The molecule has 0 aliphatic heterocycles. The number of pyridine rings is 1. The van der Waals surface area contributed by atoms with Gasteiger partial charge in [-0.1, -0.05) is 0 Å².